The molecule has 1 N–H and O–H groups in total. The van der Waals surface area contributed by atoms with Gasteiger partial charge in [0.2, 0.25) is 0 Å². The van der Waals surface area contributed by atoms with Crippen LogP contribution in [0.4, 0.5) is 0 Å². The van der Waals surface area contributed by atoms with E-state index >= 15 is 0 Å². The molecule has 1 fully saturated rings. The van der Waals surface area contributed by atoms with Gasteiger partial charge in [0.25, 0.3) is 0 Å². The lowest BCUT2D eigenvalue weighted by Crippen LogP contribution is -2.39. The van der Waals surface area contributed by atoms with Gasteiger partial charge in [-0.15, -0.1) is 0 Å². The molecule has 100 valence electrons. The Balaban J connectivity index is 2.00. The maximum Gasteiger partial charge on any atom is 0.0619 e. The van der Waals surface area contributed by atoms with Gasteiger partial charge >= 0.3 is 0 Å². The molecule has 2 nitrogen and oxygen atoms in total. The molecule has 1 aliphatic heterocycles. The fourth-order valence-corrected chi connectivity index (χ4v) is 2.61. The third-order valence-electron chi connectivity index (χ3n) is 3.45. The van der Waals surface area contributed by atoms with Crippen LogP contribution >= 0.6 is 11.6 Å². The smallest absolute Gasteiger partial charge is 0.0619 e. The Labute approximate surface area is 115 Å². The highest BCUT2D eigenvalue weighted by molar-refractivity contribution is 6.30. The molecule has 1 aromatic rings. The number of hydrogen-bond donors (Lipinski definition) is 1. The quantitative estimate of drug-likeness (QED) is 0.872. The minimum Gasteiger partial charge on any atom is -0.380 e. The molecule has 0 aliphatic carbocycles. The van der Waals surface area contributed by atoms with E-state index in [-0.39, 0.29) is 0 Å². The summed E-state index contributed by atoms with van der Waals surface area (Å²) in [6.07, 6.45) is 4.71. The van der Waals surface area contributed by atoms with Crippen LogP contribution in [0.15, 0.2) is 24.3 Å². The van der Waals surface area contributed by atoms with E-state index in [1.54, 1.807) is 0 Å². The second-order valence-corrected chi connectivity index (χ2v) is 5.41. The Hall–Kier alpha value is -0.570. The van der Waals surface area contributed by atoms with Crippen molar-refractivity contribution in [1.82, 2.24) is 5.32 Å². The highest BCUT2D eigenvalue weighted by Gasteiger charge is 2.18. The summed E-state index contributed by atoms with van der Waals surface area (Å²) in [5, 5.41) is 4.53. The van der Waals surface area contributed by atoms with Gasteiger partial charge in [-0.25, -0.2) is 0 Å². The minimum absolute atomic E-state index is 0.416. The summed E-state index contributed by atoms with van der Waals surface area (Å²) in [7, 11) is 0. The molecule has 2 unspecified atom stereocenters. The first-order chi connectivity index (χ1) is 8.79. The second-order valence-electron chi connectivity index (χ2n) is 4.97. The lowest BCUT2D eigenvalue weighted by Gasteiger charge is -2.28. The van der Waals surface area contributed by atoms with Crippen LogP contribution in [0.1, 0.15) is 44.2 Å². The summed E-state index contributed by atoms with van der Waals surface area (Å²) in [6.45, 7) is 3.98. The Kier molecular flexibility index (Phi) is 5.48. The molecule has 3 heteroatoms. The van der Waals surface area contributed by atoms with Gasteiger partial charge in [0.1, 0.15) is 0 Å². The average Bonchev–Trinajstić information content (AvgIpc) is 2.40. The first kappa shape index (κ1) is 13.9. The molecule has 1 saturated heterocycles. The van der Waals surface area contributed by atoms with Crippen LogP contribution < -0.4 is 5.32 Å². The van der Waals surface area contributed by atoms with E-state index in [2.05, 4.69) is 24.4 Å². The molecule has 0 radical (unpaired) electrons. The first-order valence-electron chi connectivity index (χ1n) is 6.89. The van der Waals surface area contributed by atoms with Crippen molar-refractivity contribution in [1.29, 1.82) is 0 Å². The summed E-state index contributed by atoms with van der Waals surface area (Å²) in [5.74, 6) is 0. The van der Waals surface area contributed by atoms with Gasteiger partial charge in [-0.2, -0.15) is 0 Å². The summed E-state index contributed by atoms with van der Waals surface area (Å²) in [4.78, 5) is 0. The number of rotatable bonds is 5. The number of ether oxygens (including phenoxy) is 1. The predicted octanol–water partition coefficient (Wildman–Crippen LogP) is 3.95. The van der Waals surface area contributed by atoms with Crippen LogP contribution in [-0.4, -0.2) is 19.3 Å². The summed E-state index contributed by atoms with van der Waals surface area (Å²) < 4.78 is 5.53. The molecule has 1 heterocycles. The highest BCUT2D eigenvalue weighted by atomic mass is 35.5. The zero-order valence-electron chi connectivity index (χ0n) is 11.0. The van der Waals surface area contributed by atoms with Crippen LogP contribution in [0.2, 0.25) is 5.02 Å². The fraction of sp³-hybridized carbons (Fsp3) is 0.600. The molecular weight excluding hydrogens is 246 g/mol. The SMILES string of the molecule is CCCC(NC1CCCOC1)c1ccc(Cl)cc1. The van der Waals surface area contributed by atoms with E-state index in [0.29, 0.717) is 12.1 Å². The lowest BCUT2D eigenvalue weighted by atomic mass is 10.00. The van der Waals surface area contributed by atoms with Gasteiger partial charge in [0, 0.05) is 23.7 Å². The monoisotopic (exact) mass is 267 g/mol. The maximum absolute atomic E-state index is 5.94. The topological polar surface area (TPSA) is 21.3 Å². The minimum atomic E-state index is 0.416. The van der Waals surface area contributed by atoms with E-state index in [1.165, 1.54) is 18.4 Å². The van der Waals surface area contributed by atoms with Crippen molar-refractivity contribution in [3.05, 3.63) is 34.9 Å². The van der Waals surface area contributed by atoms with E-state index < -0.39 is 0 Å². The average molecular weight is 268 g/mol. The lowest BCUT2D eigenvalue weighted by molar-refractivity contribution is 0.0658. The van der Waals surface area contributed by atoms with Crippen molar-refractivity contribution in [3.63, 3.8) is 0 Å². The van der Waals surface area contributed by atoms with Gasteiger partial charge in [0.15, 0.2) is 0 Å². The Morgan fingerprint density at radius 3 is 2.78 bits per heavy atom. The van der Waals surface area contributed by atoms with Crippen LogP contribution in [0.5, 0.6) is 0 Å². The number of benzene rings is 1. The molecule has 1 aromatic carbocycles. The predicted molar refractivity (Wildman–Crippen MR) is 76.1 cm³/mol. The molecule has 0 bridgehead atoms. The molecular formula is C15H22ClNO. The van der Waals surface area contributed by atoms with Gasteiger partial charge in [-0.1, -0.05) is 37.1 Å². The van der Waals surface area contributed by atoms with Gasteiger partial charge in [0.05, 0.1) is 6.61 Å². The Morgan fingerprint density at radius 2 is 2.17 bits per heavy atom. The third kappa shape index (κ3) is 3.98. The van der Waals surface area contributed by atoms with E-state index in [4.69, 9.17) is 16.3 Å². The van der Waals surface area contributed by atoms with E-state index in [0.717, 1.165) is 31.1 Å². The number of halogens is 1. The number of hydrogen-bond acceptors (Lipinski definition) is 2. The van der Waals surface area contributed by atoms with Crippen molar-refractivity contribution in [2.24, 2.45) is 0 Å². The summed E-state index contributed by atoms with van der Waals surface area (Å²) in [5.41, 5.74) is 1.33. The van der Waals surface area contributed by atoms with Crippen molar-refractivity contribution >= 4 is 11.6 Å². The van der Waals surface area contributed by atoms with Crippen molar-refractivity contribution in [2.75, 3.05) is 13.2 Å². The second kappa shape index (κ2) is 7.13. The molecule has 2 atom stereocenters. The largest absolute Gasteiger partial charge is 0.380 e. The molecule has 0 amide bonds. The zero-order chi connectivity index (χ0) is 12.8. The highest BCUT2D eigenvalue weighted by Crippen LogP contribution is 2.22. The van der Waals surface area contributed by atoms with Crippen LogP contribution in [0.25, 0.3) is 0 Å². The molecule has 18 heavy (non-hydrogen) atoms. The van der Waals surface area contributed by atoms with Gasteiger partial charge < -0.3 is 10.1 Å². The maximum atomic E-state index is 5.94. The zero-order valence-corrected chi connectivity index (χ0v) is 11.7. The molecule has 0 spiro atoms. The molecule has 0 saturated carbocycles. The fourth-order valence-electron chi connectivity index (χ4n) is 2.49. The first-order valence-corrected chi connectivity index (χ1v) is 7.26. The molecule has 1 aliphatic rings. The summed E-state index contributed by atoms with van der Waals surface area (Å²) >= 11 is 5.94. The van der Waals surface area contributed by atoms with Gasteiger partial charge in [-0.05, 0) is 37.0 Å². The molecule has 2 rings (SSSR count). The Bertz CT molecular complexity index is 346. The van der Waals surface area contributed by atoms with Crippen molar-refractivity contribution < 1.29 is 4.74 Å². The normalized spacial score (nSPS) is 21.8. The van der Waals surface area contributed by atoms with Crippen molar-refractivity contribution in [2.45, 2.75) is 44.7 Å². The van der Waals surface area contributed by atoms with E-state index in [1.807, 2.05) is 12.1 Å². The Morgan fingerprint density at radius 1 is 1.39 bits per heavy atom. The molecule has 0 aromatic heterocycles. The standard InChI is InChI=1S/C15H22ClNO/c1-2-4-15(12-6-8-13(16)9-7-12)17-14-5-3-10-18-11-14/h6-9,14-15,17H,2-5,10-11H2,1H3. The van der Waals surface area contributed by atoms with Crippen molar-refractivity contribution in [3.8, 4) is 0 Å². The van der Waals surface area contributed by atoms with Crippen LogP contribution in [-0.2, 0) is 4.74 Å². The van der Waals surface area contributed by atoms with Gasteiger partial charge in [-0.3, -0.25) is 0 Å². The van der Waals surface area contributed by atoms with Crippen LogP contribution in [0.3, 0.4) is 0 Å². The van der Waals surface area contributed by atoms with Crippen LogP contribution in [0, 0.1) is 0 Å². The number of nitrogens with one attached hydrogen (secondary N) is 1. The van der Waals surface area contributed by atoms with E-state index in [9.17, 15) is 0 Å². The third-order valence-corrected chi connectivity index (χ3v) is 3.70. The summed E-state index contributed by atoms with van der Waals surface area (Å²) in [6, 6.07) is 9.10.